The molecule has 4 aromatic carbocycles. The fourth-order valence-electron chi connectivity index (χ4n) is 4.58. The summed E-state index contributed by atoms with van der Waals surface area (Å²) in [5.41, 5.74) is 8.26. The third-order valence-corrected chi connectivity index (χ3v) is 7.04. The molecular formula is C32H30ClN3O4. The highest BCUT2D eigenvalue weighted by molar-refractivity contribution is 6.32. The number of phenolic OH excluding ortho intramolecular Hbond substituents is 1. The van der Waals surface area contributed by atoms with Crippen LogP contribution in [-0.2, 0) is 17.7 Å². The van der Waals surface area contributed by atoms with Crippen molar-refractivity contribution in [3.8, 4) is 22.6 Å². The van der Waals surface area contributed by atoms with Gasteiger partial charge in [0, 0.05) is 30.8 Å². The first-order valence-corrected chi connectivity index (χ1v) is 13.5. The number of nitrogens with zero attached hydrogens (tertiary/aromatic N) is 2. The van der Waals surface area contributed by atoms with Crippen LogP contribution in [0.4, 0.5) is 0 Å². The van der Waals surface area contributed by atoms with Crippen molar-refractivity contribution < 1.29 is 19.4 Å². The Morgan fingerprint density at radius 3 is 2.62 bits per heavy atom. The van der Waals surface area contributed by atoms with Crippen LogP contribution in [0.5, 0.6) is 11.5 Å². The predicted octanol–water partition coefficient (Wildman–Crippen LogP) is 5.89. The smallest absolute Gasteiger partial charge is 0.271 e. The van der Waals surface area contributed by atoms with Gasteiger partial charge in [0.15, 0.2) is 6.79 Å². The van der Waals surface area contributed by atoms with Gasteiger partial charge in [-0.2, -0.15) is 5.10 Å². The molecule has 1 aliphatic rings. The van der Waals surface area contributed by atoms with Crippen molar-refractivity contribution >= 4 is 23.7 Å². The van der Waals surface area contributed by atoms with Gasteiger partial charge in [-0.1, -0.05) is 66.2 Å². The van der Waals surface area contributed by atoms with Crippen molar-refractivity contribution in [2.45, 2.75) is 13.0 Å². The Morgan fingerprint density at radius 2 is 1.80 bits per heavy atom. The van der Waals surface area contributed by atoms with Crippen molar-refractivity contribution in [2.24, 2.45) is 5.10 Å². The molecule has 0 bridgehead atoms. The Balaban J connectivity index is 1.17. The van der Waals surface area contributed by atoms with E-state index in [0.29, 0.717) is 17.9 Å². The summed E-state index contributed by atoms with van der Waals surface area (Å²) in [5, 5.41) is 13.7. The van der Waals surface area contributed by atoms with Gasteiger partial charge in [-0.25, -0.2) is 5.43 Å². The summed E-state index contributed by atoms with van der Waals surface area (Å²) in [7, 11) is 0. The molecule has 0 fully saturated rings. The lowest BCUT2D eigenvalue weighted by Gasteiger charge is -2.28. The Bertz CT molecular complexity index is 1490. The molecule has 40 heavy (non-hydrogen) atoms. The maximum absolute atomic E-state index is 12.4. The average Bonchev–Trinajstić information content (AvgIpc) is 2.99. The van der Waals surface area contributed by atoms with E-state index in [1.807, 2.05) is 48.5 Å². The molecule has 0 aliphatic carbocycles. The molecule has 1 aliphatic heterocycles. The first kappa shape index (κ1) is 27.4. The second-order valence-electron chi connectivity index (χ2n) is 9.45. The quantitative estimate of drug-likeness (QED) is 0.110. The van der Waals surface area contributed by atoms with Crippen LogP contribution in [0.1, 0.15) is 27.0 Å². The van der Waals surface area contributed by atoms with Crippen molar-refractivity contribution in [1.82, 2.24) is 10.3 Å². The van der Waals surface area contributed by atoms with Crippen molar-refractivity contribution in [3.05, 3.63) is 118 Å². The molecule has 4 aromatic rings. The van der Waals surface area contributed by atoms with Gasteiger partial charge in [0.05, 0.1) is 17.8 Å². The number of nitrogens with one attached hydrogen (secondary N) is 1. The number of hydrazone groups is 1. The minimum absolute atomic E-state index is 0.0870. The lowest BCUT2D eigenvalue weighted by molar-refractivity contribution is 0.00428. The molecule has 2 N–H and O–H groups in total. The van der Waals surface area contributed by atoms with E-state index in [1.54, 1.807) is 6.21 Å². The molecule has 0 radical (unpaired) electrons. The molecule has 0 saturated carbocycles. The fourth-order valence-corrected chi connectivity index (χ4v) is 4.76. The number of aromatic hydroxyl groups is 1. The van der Waals surface area contributed by atoms with Gasteiger partial charge in [-0.3, -0.25) is 9.69 Å². The summed E-state index contributed by atoms with van der Waals surface area (Å²) in [4.78, 5) is 14.8. The molecule has 5 rings (SSSR count). The van der Waals surface area contributed by atoms with Crippen molar-refractivity contribution in [3.63, 3.8) is 0 Å². The zero-order chi connectivity index (χ0) is 27.7. The SMILES string of the molecule is O=C(NN=Cc1ccc(OCOCCN2CCc3ccccc3C2)c(-c2ccccc2)c1)c1ccc(O)c(Cl)c1. The van der Waals surface area contributed by atoms with Crippen molar-refractivity contribution in [1.29, 1.82) is 0 Å². The number of fused-ring (bicyclic) bond motifs is 1. The lowest BCUT2D eigenvalue weighted by atomic mass is 10.0. The Kier molecular flexibility index (Phi) is 9.08. The van der Waals surface area contributed by atoms with E-state index < -0.39 is 5.91 Å². The van der Waals surface area contributed by atoms with Crippen LogP contribution in [0, 0.1) is 0 Å². The molecular weight excluding hydrogens is 526 g/mol. The van der Waals surface area contributed by atoms with Crippen LogP contribution in [0.3, 0.4) is 0 Å². The summed E-state index contributed by atoms with van der Waals surface area (Å²) in [6.07, 6.45) is 2.63. The topological polar surface area (TPSA) is 83.4 Å². The first-order valence-electron chi connectivity index (χ1n) is 13.1. The monoisotopic (exact) mass is 555 g/mol. The number of hydrogen-bond acceptors (Lipinski definition) is 6. The van der Waals surface area contributed by atoms with Gasteiger partial charge in [0.1, 0.15) is 11.5 Å². The number of phenols is 1. The zero-order valence-electron chi connectivity index (χ0n) is 21.9. The predicted molar refractivity (Wildman–Crippen MR) is 157 cm³/mol. The average molecular weight is 556 g/mol. The molecule has 1 amide bonds. The van der Waals surface area contributed by atoms with E-state index in [1.165, 1.54) is 29.3 Å². The van der Waals surface area contributed by atoms with Gasteiger partial charge in [-0.05, 0) is 65.1 Å². The molecule has 1 heterocycles. The standard InChI is InChI=1S/C32H30ClN3O4/c33-29-19-26(11-12-30(29)37)32(38)35-34-20-23-10-13-31(28(18-23)25-7-2-1-3-8-25)40-22-39-17-16-36-15-14-24-6-4-5-9-27(24)21-36/h1-13,18-20,37H,14-17,21-22H2,(H,35,38). The maximum Gasteiger partial charge on any atom is 0.271 e. The van der Waals surface area contributed by atoms with Gasteiger partial charge in [-0.15, -0.1) is 0 Å². The second-order valence-corrected chi connectivity index (χ2v) is 9.86. The first-order chi connectivity index (χ1) is 19.6. The minimum Gasteiger partial charge on any atom is -0.506 e. The van der Waals surface area contributed by atoms with E-state index in [-0.39, 0.29) is 17.6 Å². The minimum atomic E-state index is -0.438. The third kappa shape index (κ3) is 7.07. The van der Waals surface area contributed by atoms with Crippen LogP contribution in [0.15, 0.2) is 96.1 Å². The third-order valence-electron chi connectivity index (χ3n) is 6.74. The van der Waals surface area contributed by atoms with Crippen molar-refractivity contribution in [2.75, 3.05) is 26.5 Å². The number of halogens is 1. The summed E-state index contributed by atoms with van der Waals surface area (Å²) in [6.45, 7) is 3.55. The van der Waals surface area contributed by atoms with E-state index in [9.17, 15) is 9.90 Å². The molecule has 0 atom stereocenters. The van der Waals surface area contributed by atoms with Gasteiger partial charge < -0.3 is 14.6 Å². The molecule has 0 aromatic heterocycles. The lowest BCUT2D eigenvalue weighted by Crippen LogP contribution is -2.33. The van der Waals surface area contributed by atoms with Gasteiger partial charge in [0.2, 0.25) is 0 Å². The van der Waals surface area contributed by atoms with Crippen LogP contribution in [-0.4, -0.2) is 48.6 Å². The molecule has 0 saturated heterocycles. The van der Waals surface area contributed by atoms with E-state index in [0.717, 1.165) is 42.7 Å². The van der Waals surface area contributed by atoms with Crippen LogP contribution in [0.2, 0.25) is 5.02 Å². The second kappa shape index (κ2) is 13.3. The number of carbonyl (C=O) groups is 1. The van der Waals surface area contributed by atoms with Crippen LogP contribution >= 0.6 is 11.6 Å². The van der Waals surface area contributed by atoms with Gasteiger partial charge in [0.25, 0.3) is 5.91 Å². The van der Waals surface area contributed by atoms with Crippen LogP contribution < -0.4 is 10.2 Å². The Morgan fingerprint density at radius 1 is 1.00 bits per heavy atom. The zero-order valence-corrected chi connectivity index (χ0v) is 22.7. The highest BCUT2D eigenvalue weighted by Gasteiger charge is 2.15. The van der Waals surface area contributed by atoms with E-state index in [2.05, 4.69) is 39.7 Å². The number of hydrogen-bond donors (Lipinski definition) is 2. The maximum atomic E-state index is 12.4. The number of ether oxygens (including phenoxy) is 2. The highest BCUT2D eigenvalue weighted by atomic mass is 35.5. The Labute approximate surface area is 238 Å². The fraction of sp³-hybridized carbons (Fsp3) is 0.188. The number of benzene rings is 4. The largest absolute Gasteiger partial charge is 0.506 e. The summed E-state index contributed by atoms with van der Waals surface area (Å²) >= 11 is 5.89. The van der Waals surface area contributed by atoms with E-state index >= 15 is 0 Å². The number of carbonyl (C=O) groups excluding carboxylic acids is 1. The normalized spacial score (nSPS) is 13.2. The molecule has 8 heteroatoms. The number of amides is 1. The summed E-state index contributed by atoms with van der Waals surface area (Å²) < 4.78 is 11.9. The molecule has 7 nitrogen and oxygen atoms in total. The van der Waals surface area contributed by atoms with Gasteiger partial charge >= 0.3 is 0 Å². The highest BCUT2D eigenvalue weighted by Crippen LogP contribution is 2.31. The summed E-state index contributed by atoms with van der Waals surface area (Å²) in [5.74, 6) is 0.168. The molecule has 0 spiro atoms. The molecule has 204 valence electrons. The summed E-state index contributed by atoms with van der Waals surface area (Å²) in [6, 6.07) is 28.4. The Hall–Kier alpha value is -4.17. The molecule has 0 unspecified atom stereocenters. The van der Waals surface area contributed by atoms with E-state index in [4.69, 9.17) is 21.1 Å². The number of rotatable bonds is 10. The van der Waals surface area contributed by atoms with Crippen LogP contribution in [0.25, 0.3) is 11.1 Å².